The van der Waals surface area contributed by atoms with Crippen molar-refractivity contribution in [1.29, 1.82) is 0 Å². The predicted molar refractivity (Wildman–Crippen MR) is 61.7 cm³/mol. The summed E-state index contributed by atoms with van der Waals surface area (Å²) in [4.78, 5) is 13.8. The highest BCUT2D eigenvalue weighted by Crippen LogP contribution is 2.07. The Morgan fingerprint density at radius 2 is 2.07 bits per heavy atom. The van der Waals surface area contributed by atoms with Gasteiger partial charge in [0.15, 0.2) is 5.78 Å². The molecule has 0 aromatic heterocycles. The van der Waals surface area contributed by atoms with Crippen LogP contribution in [0.4, 0.5) is 0 Å². The first kappa shape index (κ1) is 11.5. The Bertz CT molecular complexity index is 364. The maximum atomic E-state index is 12.0. The van der Waals surface area contributed by atoms with Crippen LogP contribution in [0.2, 0.25) is 0 Å². The van der Waals surface area contributed by atoms with Crippen molar-refractivity contribution in [2.24, 2.45) is 0 Å². The molecule has 0 aliphatic carbocycles. The van der Waals surface area contributed by atoms with Crippen molar-refractivity contribution in [3.63, 3.8) is 0 Å². The van der Waals surface area contributed by atoms with E-state index in [1.807, 2.05) is 49.2 Å². The van der Waals surface area contributed by atoms with E-state index < -0.39 is 0 Å². The predicted octanol–water partition coefficient (Wildman–Crippen LogP) is 1.82. The zero-order chi connectivity index (χ0) is 11.3. The summed E-state index contributed by atoms with van der Waals surface area (Å²) in [5, 5.41) is 0. The Hall–Kier alpha value is -1.59. The number of hydrogen-bond donors (Lipinski definition) is 0. The molecule has 0 amide bonds. The van der Waals surface area contributed by atoms with Crippen LogP contribution < -0.4 is 0 Å². The van der Waals surface area contributed by atoms with Crippen LogP contribution in [0, 0.1) is 12.3 Å². The van der Waals surface area contributed by atoms with Gasteiger partial charge in [0.1, 0.15) is 0 Å². The lowest BCUT2D eigenvalue weighted by Crippen LogP contribution is -2.36. The lowest BCUT2D eigenvalue weighted by molar-refractivity contribution is 0.0881. The molecule has 0 radical (unpaired) electrons. The molecule has 78 valence electrons. The van der Waals surface area contributed by atoms with Gasteiger partial charge in [-0.25, -0.2) is 0 Å². The first-order chi connectivity index (χ1) is 7.16. The maximum Gasteiger partial charge on any atom is 0.179 e. The molecule has 15 heavy (non-hydrogen) atoms. The topological polar surface area (TPSA) is 20.3 Å². The zero-order valence-electron chi connectivity index (χ0n) is 9.10. The van der Waals surface area contributed by atoms with E-state index >= 15 is 0 Å². The average molecular weight is 201 g/mol. The number of likely N-dealkylation sites (N-methyl/N-ethyl adjacent to an activating group) is 1. The normalized spacial score (nSPS) is 12.1. The van der Waals surface area contributed by atoms with Crippen molar-refractivity contribution in [2.75, 3.05) is 13.6 Å². The van der Waals surface area contributed by atoms with Gasteiger partial charge in [-0.1, -0.05) is 36.3 Å². The van der Waals surface area contributed by atoms with Gasteiger partial charge in [-0.15, -0.1) is 6.42 Å². The van der Waals surface area contributed by atoms with E-state index in [1.165, 1.54) is 0 Å². The van der Waals surface area contributed by atoms with Crippen LogP contribution in [-0.4, -0.2) is 30.3 Å². The minimum Gasteiger partial charge on any atom is -0.292 e. The Morgan fingerprint density at radius 1 is 1.47 bits per heavy atom. The van der Waals surface area contributed by atoms with Crippen LogP contribution in [0.5, 0.6) is 0 Å². The largest absolute Gasteiger partial charge is 0.292 e. The molecule has 1 aromatic carbocycles. The van der Waals surface area contributed by atoms with Crippen molar-refractivity contribution in [1.82, 2.24) is 4.90 Å². The average Bonchev–Trinajstić information content (AvgIpc) is 2.28. The summed E-state index contributed by atoms with van der Waals surface area (Å²) in [5.41, 5.74) is 0.730. The smallest absolute Gasteiger partial charge is 0.179 e. The third-order valence-electron chi connectivity index (χ3n) is 2.44. The van der Waals surface area contributed by atoms with Gasteiger partial charge in [0.2, 0.25) is 0 Å². The molecule has 0 heterocycles. The van der Waals surface area contributed by atoms with E-state index in [2.05, 4.69) is 5.92 Å². The molecule has 1 rings (SSSR count). The molecule has 2 heteroatoms. The summed E-state index contributed by atoms with van der Waals surface area (Å²) in [6.07, 6.45) is 5.20. The number of benzene rings is 1. The molecule has 0 saturated carbocycles. The fourth-order valence-electron chi connectivity index (χ4n) is 1.32. The van der Waals surface area contributed by atoms with Gasteiger partial charge in [-0.2, -0.15) is 0 Å². The number of ketones is 1. The van der Waals surface area contributed by atoms with Gasteiger partial charge >= 0.3 is 0 Å². The van der Waals surface area contributed by atoms with Gasteiger partial charge in [-0.3, -0.25) is 9.69 Å². The highest BCUT2D eigenvalue weighted by molar-refractivity contribution is 5.99. The summed E-state index contributed by atoms with van der Waals surface area (Å²) in [7, 11) is 1.85. The monoisotopic (exact) mass is 201 g/mol. The first-order valence-corrected chi connectivity index (χ1v) is 4.89. The quantitative estimate of drug-likeness (QED) is 0.547. The Morgan fingerprint density at radius 3 is 2.60 bits per heavy atom. The number of carbonyl (C=O) groups excluding carboxylic acids is 1. The molecule has 0 aliphatic rings. The molecule has 1 unspecified atom stereocenters. The van der Waals surface area contributed by atoms with E-state index in [4.69, 9.17) is 6.42 Å². The lowest BCUT2D eigenvalue weighted by atomic mass is 10.0. The molecule has 0 N–H and O–H groups in total. The second-order valence-electron chi connectivity index (χ2n) is 3.53. The molecule has 0 spiro atoms. The van der Waals surface area contributed by atoms with E-state index in [9.17, 15) is 4.79 Å². The van der Waals surface area contributed by atoms with Crippen molar-refractivity contribution in [2.45, 2.75) is 13.0 Å². The van der Waals surface area contributed by atoms with E-state index in [0.29, 0.717) is 6.54 Å². The molecular formula is C13H15NO. The highest BCUT2D eigenvalue weighted by atomic mass is 16.1. The number of rotatable bonds is 4. The third-order valence-corrected chi connectivity index (χ3v) is 2.44. The molecule has 0 aliphatic heterocycles. The van der Waals surface area contributed by atoms with Gasteiger partial charge in [-0.05, 0) is 14.0 Å². The number of nitrogens with zero attached hydrogens (tertiary/aromatic N) is 1. The standard InChI is InChI=1S/C13H15NO/c1-4-10-14(3)11(2)13(15)12-8-6-5-7-9-12/h1,5-9,11H,10H2,2-3H3. The highest BCUT2D eigenvalue weighted by Gasteiger charge is 2.18. The molecular weight excluding hydrogens is 186 g/mol. The summed E-state index contributed by atoms with van der Waals surface area (Å²) >= 11 is 0. The SMILES string of the molecule is C#CCN(C)C(C)C(=O)c1ccccc1. The third kappa shape index (κ3) is 2.93. The summed E-state index contributed by atoms with van der Waals surface area (Å²) in [6.45, 7) is 2.35. The number of carbonyl (C=O) groups is 1. The van der Waals surface area contributed by atoms with E-state index in [0.717, 1.165) is 5.56 Å². The minimum absolute atomic E-state index is 0.105. The zero-order valence-corrected chi connectivity index (χ0v) is 9.10. The molecule has 0 saturated heterocycles. The van der Waals surface area contributed by atoms with Crippen molar-refractivity contribution < 1.29 is 4.79 Å². The van der Waals surface area contributed by atoms with Crippen molar-refractivity contribution >= 4 is 5.78 Å². The van der Waals surface area contributed by atoms with Crippen molar-refractivity contribution in [3.05, 3.63) is 35.9 Å². The molecule has 0 bridgehead atoms. The van der Waals surface area contributed by atoms with Gasteiger partial charge < -0.3 is 0 Å². The molecule has 1 aromatic rings. The lowest BCUT2D eigenvalue weighted by Gasteiger charge is -2.20. The second kappa shape index (κ2) is 5.33. The number of Topliss-reactive ketones (excluding diaryl/α,β-unsaturated/α-hetero) is 1. The van der Waals surface area contributed by atoms with Crippen LogP contribution >= 0.6 is 0 Å². The van der Waals surface area contributed by atoms with Crippen LogP contribution in [0.25, 0.3) is 0 Å². The summed E-state index contributed by atoms with van der Waals surface area (Å²) in [6, 6.07) is 9.09. The minimum atomic E-state index is -0.177. The van der Waals surface area contributed by atoms with E-state index in [1.54, 1.807) is 0 Å². The van der Waals surface area contributed by atoms with Crippen LogP contribution in [0.3, 0.4) is 0 Å². The van der Waals surface area contributed by atoms with Crippen LogP contribution in [0.15, 0.2) is 30.3 Å². The summed E-state index contributed by atoms with van der Waals surface area (Å²) in [5.74, 6) is 2.63. The summed E-state index contributed by atoms with van der Waals surface area (Å²) < 4.78 is 0. The number of hydrogen-bond acceptors (Lipinski definition) is 2. The Balaban J connectivity index is 2.74. The molecule has 1 atom stereocenters. The van der Waals surface area contributed by atoms with Gasteiger partial charge in [0.05, 0.1) is 12.6 Å². The number of terminal acetylenes is 1. The fourth-order valence-corrected chi connectivity index (χ4v) is 1.32. The van der Waals surface area contributed by atoms with Crippen LogP contribution in [-0.2, 0) is 0 Å². The second-order valence-corrected chi connectivity index (χ2v) is 3.53. The fraction of sp³-hybridized carbons (Fsp3) is 0.308. The van der Waals surface area contributed by atoms with E-state index in [-0.39, 0.29) is 11.8 Å². The van der Waals surface area contributed by atoms with Gasteiger partial charge in [0.25, 0.3) is 0 Å². The maximum absolute atomic E-state index is 12.0. The van der Waals surface area contributed by atoms with Gasteiger partial charge in [0, 0.05) is 5.56 Å². The Kier molecular flexibility index (Phi) is 4.08. The molecule has 2 nitrogen and oxygen atoms in total. The van der Waals surface area contributed by atoms with Crippen molar-refractivity contribution in [3.8, 4) is 12.3 Å². The first-order valence-electron chi connectivity index (χ1n) is 4.89. The Labute approximate surface area is 90.9 Å². The van der Waals surface area contributed by atoms with Crippen LogP contribution in [0.1, 0.15) is 17.3 Å². The molecule has 0 fully saturated rings.